The van der Waals surface area contributed by atoms with E-state index in [1.165, 1.54) is 9.58 Å². The summed E-state index contributed by atoms with van der Waals surface area (Å²) in [7, 11) is 1.57. The van der Waals surface area contributed by atoms with Gasteiger partial charge in [0.15, 0.2) is 11.4 Å². The molecule has 0 atom stereocenters. The van der Waals surface area contributed by atoms with E-state index in [9.17, 15) is 24.6 Å². The lowest BCUT2D eigenvalue weighted by Gasteiger charge is -2.39. The van der Waals surface area contributed by atoms with Gasteiger partial charge in [-0.05, 0) is 26.7 Å². The molecule has 0 aliphatic carbocycles. The first-order valence-electron chi connectivity index (χ1n) is 9.14. The Kier molecular flexibility index (Phi) is 7.41. The van der Waals surface area contributed by atoms with Crippen molar-refractivity contribution in [2.45, 2.75) is 32.8 Å². The standard InChI is InChI=1S/C18H27N3O7/c1-12(2)28-9-4-6-19-11-20(7-5-8-27-3)21-10-13(18(25)26)15(22)16(23)14(21)17(19)24/h10,12,23H,4-9,11H2,1-3H3,(H,25,26). The first-order chi connectivity index (χ1) is 13.3. The number of methoxy groups -OCH3 is 1. The van der Waals surface area contributed by atoms with Gasteiger partial charge in [-0.3, -0.25) is 19.3 Å². The molecule has 2 rings (SSSR count). The van der Waals surface area contributed by atoms with Crippen molar-refractivity contribution >= 4 is 11.9 Å². The van der Waals surface area contributed by atoms with Crippen LogP contribution in [0.25, 0.3) is 0 Å². The molecule has 1 aliphatic rings. The number of carbonyl (C=O) groups is 2. The number of amides is 1. The molecule has 0 bridgehead atoms. The summed E-state index contributed by atoms with van der Waals surface area (Å²) in [4.78, 5) is 37.8. The lowest BCUT2D eigenvalue weighted by molar-refractivity contribution is 0.0563. The summed E-state index contributed by atoms with van der Waals surface area (Å²) < 4.78 is 11.8. The van der Waals surface area contributed by atoms with Crippen LogP contribution in [0.2, 0.25) is 0 Å². The van der Waals surface area contributed by atoms with Gasteiger partial charge in [-0.25, -0.2) is 4.79 Å². The number of aromatic carboxylic acids is 1. The third-order valence-corrected chi connectivity index (χ3v) is 4.31. The minimum absolute atomic E-state index is 0.0837. The van der Waals surface area contributed by atoms with Crippen molar-refractivity contribution < 1.29 is 29.3 Å². The number of fused-ring (bicyclic) bond motifs is 1. The maximum Gasteiger partial charge on any atom is 0.341 e. The predicted molar refractivity (Wildman–Crippen MR) is 101 cm³/mol. The first-order valence-corrected chi connectivity index (χ1v) is 9.14. The molecule has 0 unspecified atom stereocenters. The number of aromatic hydroxyl groups is 1. The Labute approximate surface area is 162 Å². The molecular weight excluding hydrogens is 370 g/mol. The van der Waals surface area contributed by atoms with Crippen molar-refractivity contribution in [3.8, 4) is 5.75 Å². The molecule has 0 fully saturated rings. The molecule has 0 saturated heterocycles. The number of carbonyl (C=O) groups excluding carboxylic acids is 1. The van der Waals surface area contributed by atoms with Gasteiger partial charge in [0.2, 0.25) is 5.43 Å². The second kappa shape index (κ2) is 9.56. The minimum atomic E-state index is -1.46. The van der Waals surface area contributed by atoms with Crippen LogP contribution in [-0.2, 0) is 9.47 Å². The summed E-state index contributed by atoms with van der Waals surface area (Å²) in [6.45, 7) is 5.80. The molecule has 2 heterocycles. The van der Waals surface area contributed by atoms with Gasteiger partial charge in [0.05, 0.1) is 6.10 Å². The van der Waals surface area contributed by atoms with Crippen molar-refractivity contribution in [3.05, 3.63) is 27.7 Å². The molecule has 10 heteroatoms. The van der Waals surface area contributed by atoms with Crippen LogP contribution in [0.1, 0.15) is 47.5 Å². The lowest BCUT2D eigenvalue weighted by Crippen LogP contribution is -2.55. The average molecular weight is 397 g/mol. The maximum atomic E-state index is 12.8. The number of carboxylic acid groups (broad SMARTS) is 1. The second-order valence-electron chi connectivity index (χ2n) is 6.78. The van der Waals surface area contributed by atoms with Crippen LogP contribution in [0.4, 0.5) is 0 Å². The second-order valence-corrected chi connectivity index (χ2v) is 6.78. The fourth-order valence-corrected chi connectivity index (χ4v) is 2.96. The lowest BCUT2D eigenvalue weighted by atomic mass is 10.2. The third-order valence-electron chi connectivity index (χ3n) is 4.31. The summed E-state index contributed by atoms with van der Waals surface area (Å²) in [5.41, 5.74) is -1.90. The van der Waals surface area contributed by atoms with Gasteiger partial charge in [0.25, 0.3) is 5.91 Å². The zero-order chi connectivity index (χ0) is 20.8. The predicted octanol–water partition coefficient (Wildman–Crippen LogP) is 0.455. The van der Waals surface area contributed by atoms with Crippen molar-refractivity contribution in [2.75, 3.05) is 45.1 Å². The van der Waals surface area contributed by atoms with Crippen molar-refractivity contribution in [1.82, 2.24) is 9.58 Å². The van der Waals surface area contributed by atoms with Gasteiger partial charge in [0, 0.05) is 39.6 Å². The monoisotopic (exact) mass is 397 g/mol. The van der Waals surface area contributed by atoms with Gasteiger partial charge >= 0.3 is 5.97 Å². The largest absolute Gasteiger partial charge is 0.502 e. The Morgan fingerprint density at radius 1 is 1.21 bits per heavy atom. The van der Waals surface area contributed by atoms with Crippen LogP contribution in [0.3, 0.4) is 0 Å². The molecule has 28 heavy (non-hydrogen) atoms. The highest BCUT2D eigenvalue weighted by Crippen LogP contribution is 2.21. The van der Waals surface area contributed by atoms with Gasteiger partial charge in [-0.1, -0.05) is 0 Å². The third kappa shape index (κ3) is 4.82. The van der Waals surface area contributed by atoms with Crippen molar-refractivity contribution in [1.29, 1.82) is 0 Å². The Hall–Kier alpha value is -2.59. The van der Waals surface area contributed by atoms with E-state index in [1.807, 2.05) is 13.8 Å². The fourth-order valence-electron chi connectivity index (χ4n) is 2.96. The molecule has 10 nitrogen and oxygen atoms in total. The zero-order valence-electron chi connectivity index (χ0n) is 16.4. The highest BCUT2D eigenvalue weighted by Gasteiger charge is 2.34. The van der Waals surface area contributed by atoms with E-state index in [0.717, 1.165) is 6.20 Å². The first kappa shape index (κ1) is 21.7. The highest BCUT2D eigenvalue weighted by atomic mass is 16.5. The van der Waals surface area contributed by atoms with Gasteiger partial charge in [-0.2, -0.15) is 0 Å². The molecule has 1 amide bonds. The number of rotatable bonds is 10. The van der Waals surface area contributed by atoms with Crippen LogP contribution >= 0.6 is 0 Å². The van der Waals surface area contributed by atoms with Crippen molar-refractivity contribution in [2.24, 2.45) is 0 Å². The fraction of sp³-hybridized carbons (Fsp3) is 0.611. The highest BCUT2D eigenvalue weighted by molar-refractivity contribution is 5.97. The Morgan fingerprint density at radius 2 is 1.89 bits per heavy atom. The van der Waals surface area contributed by atoms with Gasteiger partial charge < -0.3 is 24.6 Å². The van der Waals surface area contributed by atoms with Crippen LogP contribution in [0, 0.1) is 0 Å². The van der Waals surface area contributed by atoms with E-state index in [2.05, 4.69) is 0 Å². The van der Waals surface area contributed by atoms with E-state index in [1.54, 1.807) is 12.1 Å². The average Bonchev–Trinajstić information content (AvgIpc) is 2.63. The number of aromatic nitrogens is 1. The Bertz CT molecular complexity index is 775. The Balaban J connectivity index is 2.33. The molecule has 0 saturated carbocycles. The molecule has 2 N–H and O–H groups in total. The summed E-state index contributed by atoms with van der Waals surface area (Å²) >= 11 is 0. The van der Waals surface area contributed by atoms with E-state index >= 15 is 0 Å². The molecule has 1 aromatic heterocycles. The topological polar surface area (TPSA) is 122 Å². The van der Waals surface area contributed by atoms with Crippen LogP contribution < -0.4 is 10.4 Å². The maximum absolute atomic E-state index is 12.8. The number of ether oxygens (including phenoxy) is 2. The van der Waals surface area contributed by atoms with Crippen LogP contribution in [0.5, 0.6) is 5.75 Å². The SMILES string of the molecule is COCCCN1CN(CCCOC(C)C)C(=O)c2c(O)c(=O)c(C(=O)O)cn21. The van der Waals surface area contributed by atoms with E-state index in [4.69, 9.17) is 9.47 Å². The Morgan fingerprint density at radius 3 is 2.50 bits per heavy atom. The number of hydrogen-bond acceptors (Lipinski definition) is 7. The summed E-state index contributed by atoms with van der Waals surface area (Å²) in [6.07, 6.45) is 2.38. The summed E-state index contributed by atoms with van der Waals surface area (Å²) in [5.74, 6) is -2.85. The van der Waals surface area contributed by atoms with Crippen LogP contribution in [0.15, 0.2) is 11.0 Å². The van der Waals surface area contributed by atoms with Crippen LogP contribution in [-0.4, -0.2) is 77.9 Å². The molecular formula is C18H27N3O7. The quantitative estimate of drug-likeness (QED) is 0.546. The summed E-state index contributed by atoms with van der Waals surface area (Å²) in [6, 6.07) is 0. The molecule has 156 valence electrons. The molecule has 0 spiro atoms. The number of carboxylic acids is 1. The summed E-state index contributed by atoms with van der Waals surface area (Å²) in [5, 5.41) is 21.2. The van der Waals surface area contributed by atoms with Gasteiger partial charge in [-0.15, -0.1) is 0 Å². The smallest absolute Gasteiger partial charge is 0.341 e. The molecule has 0 radical (unpaired) electrons. The van der Waals surface area contributed by atoms with Gasteiger partial charge in [0.1, 0.15) is 12.2 Å². The molecule has 0 aromatic carbocycles. The zero-order valence-corrected chi connectivity index (χ0v) is 16.4. The molecule has 1 aliphatic heterocycles. The normalized spacial score (nSPS) is 13.9. The number of hydrogen-bond donors (Lipinski definition) is 2. The number of nitrogens with zero attached hydrogens (tertiary/aromatic N) is 3. The van der Waals surface area contributed by atoms with E-state index < -0.39 is 28.6 Å². The number of pyridine rings is 1. The van der Waals surface area contributed by atoms with E-state index in [0.29, 0.717) is 39.1 Å². The molecule has 1 aromatic rings. The minimum Gasteiger partial charge on any atom is -0.502 e. The van der Waals surface area contributed by atoms with E-state index in [-0.39, 0.29) is 18.5 Å². The van der Waals surface area contributed by atoms with Crippen molar-refractivity contribution in [3.63, 3.8) is 0 Å².